The molecule has 0 aliphatic carbocycles. The van der Waals surface area contributed by atoms with Gasteiger partial charge in [0.05, 0.1) is 11.8 Å². The largest absolute Gasteiger partial charge is 0.463 e. The Morgan fingerprint density at radius 3 is 2.69 bits per heavy atom. The minimum atomic E-state index is 0.0733. The summed E-state index contributed by atoms with van der Waals surface area (Å²) in [7, 11) is 0. The summed E-state index contributed by atoms with van der Waals surface area (Å²) >= 11 is 1.89. The van der Waals surface area contributed by atoms with Gasteiger partial charge in [-0.25, -0.2) is 4.98 Å². The van der Waals surface area contributed by atoms with Gasteiger partial charge in [0.25, 0.3) is 0 Å². The zero-order valence-corrected chi connectivity index (χ0v) is 18.0. The number of amides is 1. The number of carbonyl (C=O) groups excluding carboxylic acids is 1. The van der Waals surface area contributed by atoms with E-state index < -0.39 is 0 Å². The van der Waals surface area contributed by atoms with Gasteiger partial charge in [-0.3, -0.25) is 4.79 Å². The molecule has 0 saturated carbocycles. The molecule has 2 aromatic heterocycles. The maximum absolute atomic E-state index is 12.0. The Morgan fingerprint density at radius 2 is 2.07 bits per heavy atom. The first-order valence-corrected chi connectivity index (χ1v) is 11.1. The first-order valence-electron chi connectivity index (χ1n) is 10.1. The average molecular weight is 411 g/mol. The lowest BCUT2D eigenvalue weighted by Gasteiger charge is -2.38. The summed E-state index contributed by atoms with van der Waals surface area (Å²) < 4.78 is 5.76. The van der Waals surface area contributed by atoms with Gasteiger partial charge in [-0.1, -0.05) is 20.8 Å². The van der Waals surface area contributed by atoms with E-state index in [0.717, 1.165) is 40.6 Å². The summed E-state index contributed by atoms with van der Waals surface area (Å²) in [6.45, 7) is 9.03. The third-order valence-electron chi connectivity index (χ3n) is 5.70. The lowest BCUT2D eigenvalue weighted by Crippen LogP contribution is -2.49. The first-order chi connectivity index (χ1) is 13.9. The Morgan fingerprint density at radius 1 is 1.31 bits per heavy atom. The van der Waals surface area contributed by atoms with Crippen molar-refractivity contribution in [1.29, 1.82) is 5.26 Å². The van der Waals surface area contributed by atoms with Gasteiger partial charge in [-0.05, 0) is 29.7 Å². The number of aromatic nitrogens is 1. The molecule has 0 aromatic carbocycles. The molecule has 2 aromatic rings. The van der Waals surface area contributed by atoms with Crippen LogP contribution in [0.4, 0.5) is 5.82 Å². The quantitative estimate of drug-likeness (QED) is 0.765. The number of fused-ring (bicyclic) bond motifs is 1. The standard InChI is InChI=1S/C22H26N4O2S/c1-4-19(27)25-7-9-26(10-8-25)21-16(13-23)15-12-22(2,3)29-14-17(15)20(24-21)18-6-5-11-28-18/h5-6,11H,4,7-10,12,14H2,1-3H3. The van der Waals surface area contributed by atoms with Crippen LogP contribution in [0.2, 0.25) is 0 Å². The second kappa shape index (κ2) is 7.75. The van der Waals surface area contributed by atoms with Crippen LogP contribution in [0.5, 0.6) is 0 Å². The van der Waals surface area contributed by atoms with Gasteiger partial charge in [0.1, 0.15) is 17.6 Å². The molecule has 1 amide bonds. The Balaban J connectivity index is 1.77. The van der Waals surface area contributed by atoms with Crippen LogP contribution in [-0.2, 0) is 17.0 Å². The van der Waals surface area contributed by atoms with Crippen molar-refractivity contribution in [3.63, 3.8) is 0 Å². The number of anilines is 1. The molecule has 29 heavy (non-hydrogen) atoms. The summed E-state index contributed by atoms with van der Waals surface area (Å²) in [4.78, 5) is 21.0. The lowest BCUT2D eigenvalue weighted by atomic mass is 9.91. The summed E-state index contributed by atoms with van der Waals surface area (Å²) in [5, 5.41) is 10.1. The molecule has 0 spiro atoms. The molecule has 1 fully saturated rings. The van der Waals surface area contributed by atoms with E-state index in [2.05, 4.69) is 24.8 Å². The van der Waals surface area contributed by atoms with Gasteiger partial charge in [-0.15, -0.1) is 0 Å². The van der Waals surface area contributed by atoms with Crippen LogP contribution in [0.25, 0.3) is 11.5 Å². The molecule has 7 heteroatoms. The van der Waals surface area contributed by atoms with Crippen LogP contribution >= 0.6 is 11.8 Å². The molecular formula is C22H26N4O2S. The van der Waals surface area contributed by atoms with Crippen LogP contribution in [0, 0.1) is 11.3 Å². The van der Waals surface area contributed by atoms with Crippen molar-refractivity contribution in [2.75, 3.05) is 31.1 Å². The molecule has 4 rings (SSSR count). The molecule has 6 nitrogen and oxygen atoms in total. The first kappa shape index (κ1) is 19.8. The van der Waals surface area contributed by atoms with Crippen LogP contribution in [0.3, 0.4) is 0 Å². The molecule has 1 saturated heterocycles. The predicted octanol–water partition coefficient (Wildman–Crippen LogP) is 3.84. The van der Waals surface area contributed by atoms with Crippen molar-refractivity contribution in [3.8, 4) is 17.5 Å². The van der Waals surface area contributed by atoms with E-state index in [0.29, 0.717) is 38.2 Å². The highest BCUT2D eigenvalue weighted by Crippen LogP contribution is 2.44. The molecule has 152 valence electrons. The number of piperazine rings is 1. The number of thioether (sulfide) groups is 1. The van der Waals surface area contributed by atoms with E-state index in [1.54, 1.807) is 6.26 Å². The predicted molar refractivity (Wildman–Crippen MR) is 115 cm³/mol. The highest BCUT2D eigenvalue weighted by atomic mass is 32.2. The molecule has 0 unspecified atom stereocenters. The summed E-state index contributed by atoms with van der Waals surface area (Å²) in [5.74, 6) is 2.47. The SMILES string of the molecule is CCC(=O)N1CCN(c2nc(-c3ccco3)c3c(c2C#N)CC(C)(C)SC3)CC1. The Labute approximate surface area is 175 Å². The number of furan rings is 1. The van der Waals surface area contributed by atoms with Gasteiger partial charge >= 0.3 is 0 Å². The van der Waals surface area contributed by atoms with E-state index in [4.69, 9.17) is 9.40 Å². The number of nitrogens with zero attached hydrogens (tertiary/aromatic N) is 4. The van der Waals surface area contributed by atoms with E-state index in [1.165, 1.54) is 0 Å². The van der Waals surface area contributed by atoms with Crippen LogP contribution in [0.15, 0.2) is 22.8 Å². The van der Waals surface area contributed by atoms with Gasteiger partial charge in [-0.2, -0.15) is 17.0 Å². The maximum Gasteiger partial charge on any atom is 0.222 e. The van der Waals surface area contributed by atoms with E-state index >= 15 is 0 Å². The molecule has 2 aliphatic heterocycles. The second-order valence-corrected chi connectivity index (χ2v) is 9.83. The smallest absolute Gasteiger partial charge is 0.222 e. The highest BCUT2D eigenvalue weighted by molar-refractivity contribution is 7.99. The molecular weight excluding hydrogens is 384 g/mol. The van der Waals surface area contributed by atoms with Crippen LogP contribution < -0.4 is 4.90 Å². The monoisotopic (exact) mass is 410 g/mol. The van der Waals surface area contributed by atoms with Crippen molar-refractivity contribution >= 4 is 23.5 Å². The Hall–Kier alpha value is -2.46. The van der Waals surface area contributed by atoms with Crippen molar-refractivity contribution in [2.45, 2.75) is 44.1 Å². The summed E-state index contributed by atoms with van der Waals surface area (Å²) in [6, 6.07) is 6.25. The maximum atomic E-state index is 12.0. The topological polar surface area (TPSA) is 73.4 Å². The van der Waals surface area contributed by atoms with Gasteiger partial charge in [0, 0.05) is 43.1 Å². The van der Waals surface area contributed by atoms with Crippen molar-refractivity contribution in [1.82, 2.24) is 9.88 Å². The van der Waals surface area contributed by atoms with E-state index in [-0.39, 0.29) is 10.7 Å². The number of rotatable bonds is 3. The average Bonchev–Trinajstić information content (AvgIpc) is 3.26. The highest BCUT2D eigenvalue weighted by Gasteiger charge is 2.34. The molecule has 0 radical (unpaired) electrons. The van der Waals surface area contributed by atoms with Gasteiger partial charge in [0.2, 0.25) is 5.91 Å². The molecule has 2 aliphatic rings. The van der Waals surface area contributed by atoms with Crippen molar-refractivity contribution in [2.24, 2.45) is 0 Å². The fraction of sp³-hybridized carbons (Fsp3) is 0.500. The lowest BCUT2D eigenvalue weighted by molar-refractivity contribution is -0.131. The Bertz CT molecular complexity index is 954. The van der Waals surface area contributed by atoms with Crippen molar-refractivity contribution in [3.05, 3.63) is 35.1 Å². The zero-order valence-electron chi connectivity index (χ0n) is 17.2. The summed E-state index contributed by atoms with van der Waals surface area (Å²) in [5.41, 5.74) is 3.73. The zero-order chi connectivity index (χ0) is 20.6. The fourth-order valence-electron chi connectivity index (χ4n) is 4.11. The number of nitriles is 1. The number of carbonyl (C=O) groups is 1. The fourth-order valence-corrected chi connectivity index (χ4v) is 5.20. The minimum Gasteiger partial charge on any atom is -0.463 e. The molecule has 4 heterocycles. The normalized spacial score (nSPS) is 18.3. The number of hydrogen-bond acceptors (Lipinski definition) is 6. The molecule has 0 N–H and O–H groups in total. The number of hydrogen-bond donors (Lipinski definition) is 0. The molecule has 0 bridgehead atoms. The van der Waals surface area contributed by atoms with Gasteiger partial charge in [0.15, 0.2) is 5.76 Å². The van der Waals surface area contributed by atoms with E-state index in [9.17, 15) is 10.1 Å². The van der Waals surface area contributed by atoms with Crippen LogP contribution in [-0.4, -0.2) is 46.7 Å². The Kier molecular flexibility index (Phi) is 5.30. The molecule has 0 atom stereocenters. The number of pyridine rings is 1. The third kappa shape index (κ3) is 3.74. The van der Waals surface area contributed by atoms with Gasteiger partial charge < -0.3 is 14.2 Å². The van der Waals surface area contributed by atoms with Crippen LogP contribution in [0.1, 0.15) is 43.9 Å². The summed E-state index contributed by atoms with van der Waals surface area (Å²) in [6.07, 6.45) is 3.01. The minimum absolute atomic E-state index is 0.0733. The second-order valence-electron chi connectivity index (χ2n) is 8.15. The third-order valence-corrected chi connectivity index (χ3v) is 7.06. The van der Waals surface area contributed by atoms with E-state index in [1.807, 2.05) is 35.7 Å². The van der Waals surface area contributed by atoms with Crippen molar-refractivity contribution < 1.29 is 9.21 Å².